The van der Waals surface area contributed by atoms with Gasteiger partial charge in [-0.05, 0) is 29.7 Å². The lowest BCUT2D eigenvalue weighted by Gasteiger charge is -2.17. The smallest absolute Gasteiger partial charge is 0.241 e. The SMILES string of the molecule is CCC(NS(=O)(=O)c1cccc(CN)c1)c1ccccc1. The average molecular weight is 304 g/mol. The van der Waals surface area contributed by atoms with Gasteiger partial charge < -0.3 is 5.73 Å². The second kappa shape index (κ2) is 6.85. The van der Waals surface area contributed by atoms with Gasteiger partial charge in [0.25, 0.3) is 0 Å². The van der Waals surface area contributed by atoms with Gasteiger partial charge in [0.1, 0.15) is 0 Å². The highest BCUT2D eigenvalue weighted by atomic mass is 32.2. The molecule has 2 aromatic rings. The summed E-state index contributed by atoms with van der Waals surface area (Å²) in [5, 5.41) is 0. The van der Waals surface area contributed by atoms with E-state index < -0.39 is 10.0 Å². The molecule has 0 fully saturated rings. The van der Waals surface area contributed by atoms with Gasteiger partial charge in [0, 0.05) is 12.6 Å². The molecule has 2 aromatic carbocycles. The van der Waals surface area contributed by atoms with E-state index in [4.69, 9.17) is 5.73 Å². The van der Waals surface area contributed by atoms with E-state index in [1.165, 1.54) is 0 Å². The van der Waals surface area contributed by atoms with Crippen LogP contribution in [-0.4, -0.2) is 8.42 Å². The van der Waals surface area contributed by atoms with Gasteiger partial charge in [-0.3, -0.25) is 0 Å². The summed E-state index contributed by atoms with van der Waals surface area (Å²) in [6.45, 7) is 2.27. The van der Waals surface area contributed by atoms with E-state index in [-0.39, 0.29) is 10.9 Å². The van der Waals surface area contributed by atoms with Crippen LogP contribution in [0.3, 0.4) is 0 Å². The molecular weight excluding hydrogens is 284 g/mol. The number of nitrogens with two attached hydrogens (primary N) is 1. The lowest BCUT2D eigenvalue weighted by Crippen LogP contribution is -2.28. The minimum absolute atomic E-state index is 0.238. The Morgan fingerprint density at radius 2 is 1.81 bits per heavy atom. The monoisotopic (exact) mass is 304 g/mol. The second-order valence-corrected chi connectivity index (χ2v) is 6.56. The lowest BCUT2D eigenvalue weighted by molar-refractivity contribution is 0.550. The van der Waals surface area contributed by atoms with E-state index in [2.05, 4.69) is 4.72 Å². The van der Waals surface area contributed by atoms with E-state index >= 15 is 0 Å². The summed E-state index contributed by atoms with van der Waals surface area (Å²) in [7, 11) is -3.56. The molecule has 1 atom stereocenters. The van der Waals surface area contributed by atoms with Crippen LogP contribution in [0.5, 0.6) is 0 Å². The lowest BCUT2D eigenvalue weighted by atomic mass is 10.1. The maximum absolute atomic E-state index is 12.5. The van der Waals surface area contributed by atoms with E-state index in [0.717, 1.165) is 11.1 Å². The van der Waals surface area contributed by atoms with Gasteiger partial charge in [-0.25, -0.2) is 13.1 Å². The van der Waals surface area contributed by atoms with E-state index in [0.29, 0.717) is 13.0 Å². The molecule has 0 heterocycles. The normalized spacial score (nSPS) is 13.0. The third-order valence-electron chi connectivity index (χ3n) is 3.35. The summed E-state index contributed by atoms with van der Waals surface area (Å²) >= 11 is 0. The molecule has 1 unspecified atom stereocenters. The molecule has 3 N–H and O–H groups in total. The Morgan fingerprint density at radius 1 is 1.10 bits per heavy atom. The van der Waals surface area contributed by atoms with E-state index in [1.54, 1.807) is 18.2 Å². The van der Waals surface area contributed by atoms with Crippen molar-refractivity contribution in [2.75, 3.05) is 0 Å². The fourth-order valence-electron chi connectivity index (χ4n) is 2.17. The zero-order chi connectivity index (χ0) is 15.3. The number of rotatable bonds is 6. The molecular formula is C16H20N2O2S. The summed E-state index contributed by atoms with van der Waals surface area (Å²) in [4.78, 5) is 0.250. The zero-order valence-electron chi connectivity index (χ0n) is 12.0. The molecule has 0 aliphatic carbocycles. The Labute approximate surface area is 126 Å². The predicted molar refractivity (Wildman–Crippen MR) is 84.1 cm³/mol. The fourth-order valence-corrected chi connectivity index (χ4v) is 3.55. The van der Waals surface area contributed by atoms with Gasteiger partial charge in [0.2, 0.25) is 10.0 Å². The Bertz CT molecular complexity index is 684. The van der Waals surface area contributed by atoms with Gasteiger partial charge >= 0.3 is 0 Å². The molecule has 0 aliphatic rings. The van der Waals surface area contributed by atoms with Crippen LogP contribution in [0.25, 0.3) is 0 Å². The van der Waals surface area contributed by atoms with E-state index in [1.807, 2.05) is 43.3 Å². The molecule has 112 valence electrons. The quantitative estimate of drug-likeness (QED) is 0.861. The summed E-state index contributed by atoms with van der Waals surface area (Å²) in [6.07, 6.45) is 0.680. The predicted octanol–water partition coefficient (Wildman–Crippen LogP) is 2.57. The highest BCUT2D eigenvalue weighted by Crippen LogP contribution is 2.20. The first-order valence-electron chi connectivity index (χ1n) is 6.93. The van der Waals surface area contributed by atoms with Crippen LogP contribution in [-0.2, 0) is 16.6 Å². The van der Waals surface area contributed by atoms with Crippen molar-refractivity contribution in [3.63, 3.8) is 0 Å². The molecule has 0 radical (unpaired) electrons. The second-order valence-electron chi connectivity index (χ2n) is 4.84. The Hall–Kier alpha value is -1.69. The summed E-state index contributed by atoms with van der Waals surface area (Å²) in [6, 6.07) is 16.0. The first-order valence-corrected chi connectivity index (χ1v) is 8.41. The van der Waals surface area contributed by atoms with Crippen LogP contribution >= 0.6 is 0 Å². The molecule has 0 amide bonds. The summed E-state index contributed by atoms with van der Waals surface area (Å²) < 4.78 is 27.7. The van der Waals surface area contributed by atoms with Crippen LogP contribution in [0.4, 0.5) is 0 Å². The maximum Gasteiger partial charge on any atom is 0.241 e. The summed E-state index contributed by atoms with van der Waals surface area (Å²) in [5.74, 6) is 0. The molecule has 0 bridgehead atoms. The number of nitrogens with one attached hydrogen (secondary N) is 1. The first kappa shape index (κ1) is 15.7. The van der Waals surface area contributed by atoms with Crippen LogP contribution < -0.4 is 10.5 Å². The number of hydrogen-bond donors (Lipinski definition) is 2. The third kappa shape index (κ3) is 3.91. The molecule has 2 rings (SSSR count). The molecule has 0 spiro atoms. The molecule has 4 nitrogen and oxygen atoms in total. The highest BCUT2D eigenvalue weighted by molar-refractivity contribution is 7.89. The minimum atomic E-state index is -3.56. The molecule has 21 heavy (non-hydrogen) atoms. The Balaban J connectivity index is 2.27. The van der Waals surface area contributed by atoms with Gasteiger partial charge in [0.15, 0.2) is 0 Å². The third-order valence-corrected chi connectivity index (χ3v) is 4.82. The zero-order valence-corrected chi connectivity index (χ0v) is 12.8. The van der Waals surface area contributed by atoms with Crippen molar-refractivity contribution in [3.8, 4) is 0 Å². The fraction of sp³-hybridized carbons (Fsp3) is 0.250. The van der Waals surface area contributed by atoms with Crippen molar-refractivity contribution in [2.45, 2.75) is 30.8 Å². The summed E-state index contributed by atoms with van der Waals surface area (Å²) in [5.41, 5.74) is 7.32. The average Bonchev–Trinajstić information content (AvgIpc) is 2.53. The number of sulfonamides is 1. The van der Waals surface area contributed by atoms with Crippen LogP contribution in [0.15, 0.2) is 59.5 Å². The van der Waals surface area contributed by atoms with Gasteiger partial charge in [-0.1, -0.05) is 49.4 Å². The van der Waals surface area contributed by atoms with Crippen LogP contribution in [0.1, 0.15) is 30.5 Å². The molecule has 0 aromatic heterocycles. The van der Waals surface area contributed by atoms with Crippen LogP contribution in [0.2, 0.25) is 0 Å². The van der Waals surface area contributed by atoms with Gasteiger partial charge in [-0.15, -0.1) is 0 Å². The highest BCUT2D eigenvalue weighted by Gasteiger charge is 2.20. The molecule has 0 saturated carbocycles. The van der Waals surface area contributed by atoms with Crippen molar-refractivity contribution in [1.29, 1.82) is 0 Å². The molecule has 5 heteroatoms. The van der Waals surface area contributed by atoms with Crippen LogP contribution in [0, 0.1) is 0 Å². The topological polar surface area (TPSA) is 72.2 Å². The largest absolute Gasteiger partial charge is 0.326 e. The van der Waals surface area contributed by atoms with Crippen molar-refractivity contribution in [1.82, 2.24) is 4.72 Å². The number of hydrogen-bond acceptors (Lipinski definition) is 3. The van der Waals surface area contributed by atoms with Crippen molar-refractivity contribution >= 4 is 10.0 Å². The molecule has 0 aliphatic heterocycles. The Kier molecular flexibility index (Phi) is 5.12. The van der Waals surface area contributed by atoms with Gasteiger partial charge in [0.05, 0.1) is 4.90 Å². The van der Waals surface area contributed by atoms with Gasteiger partial charge in [-0.2, -0.15) is 0 Å². The Morgan fingerprint density at radius 3 is 2.43 bits per heavy atom. The van der Waals surface area contributed by atoms with Crippen molar-refractivity contribution in [3.05, 3.63) is 65.7 Å². The van der Waals surface area contributed by atoms with Crippen molar-refractivity contribution < 1.29 is 8.42 Å². The maximum atomic E-state index is 12.5. The first-order chi connectivity index (χ1) is 10.1. The number of benzene rings is 2. The standard InChI is InChI=1S/C16H20N2O2S/c1-2-16(14-8-4-3-5-9-14)18-21(19,20)15-10-6-7-13(11-15)12-17/h3-11,16,18H,2,12,17H2,1H3. The van der Waals surface area contributed by atoms with Crippen molar-refractivity contribution in [2.24, 2.45) is 5.73 Å². The van der Waals surface area contributed by atoms with E-state index in [9.17, 15) is 8.42 Å². The minimum Gasteiger partial charge on any atom is -0.326 e. The molecule has 0 saturated heterocycles.